The summed E-state index contributed by atoms with van der Waals surface area (Å²) in [6.45, 7) is 6.44. The van der Waals surface area contributed by atoms with Crippen LogP contribution in [0.5, 0.6) is 11.6 Å². The minimum atomic E-state index is 0.321. The number of methoxy groups -OCH3 is 1. The van der Waals surface area contributed by atoms with Crippen LogP contribution in [0, 0.1) is 6.92 Å². The lowest BCUT2D eigenvalue weighted by atomic mass is 10.2. The Morgan fingerprint density at radius 3 is 2.61 bits per heavy atom. The summed E-state index contributed by atoms with van der Waals surface area (Å²) in [6.07, 6.45) is 0. The van der Waals surface area contributed by atoms with Crippen molar-refractivity contribution in [2.75, 3.05) is 38.2 Å². The van der Waals surface area contributed by atoms with Crippen molar-refractivity contribution >= 4 is 5.95 Å². The molecule has 122 valence electrons. The van der Waals surface area contributed by atoms with E-state index in [9.17, 15) is 5.11 Å². The first-order valence-corrected chi connectivity index (χ1v) is 7.79. The highest BCUT2D eigenvalue weighted by molar-refractivity contribution is 5.35. The van der Waals surface area contributed by atoms with Crippen molar-refractivity contribution in [1.29, 1.82) is 0 Å². The molecule has 0 atom stereocenters. The predicted molar refractivity (Wildman–Crippen MR) is 88.9 cm³/mol. The first-order chi connectivity index (χ1) is 11.1. The molecule has 0 spiro atoms. The number of rotatable bonds is 4. The first kappa shape index (κ1) is 15.6. The van der Waals surface area contributed by atoms with Gasteiger partial charge in [-0.3, -0.25) is 4.90 Å². The zero-order valence-corrected chi connectivity index (χ0v) is 13.6. The highest BCUT2D eigenvalue weighted by atomic mass is 16.5. The van der Waals surface area contributed by atoms with Gasteiger partial charge in [0.2, 0.25) is 11.8 Å². The number of piperazine rings is 1. The van der Waals surface area contributed by atoms with Gasteiger partial charge in [0.15, 0.2) is 0 Å². The SMILES string of the molecule is COc1cc(C)nc(N2CCN(Cc3cccc(O)c3)CC2)n1. The number of ether oxygens (including phenoxy) is 1. The van der Waals surface area contributed by atoms with Crippen LogP contribution >= 0.6 is 0 Å². The van der Waals surface area contributed by atoms with Gasteiger partial charge in [0, 0.05) is 44.5 Å². The number of aromatic nitrogens is 2. The Balaban J connectivity index is 1.61. The molecule has 0 unspecified atom stereocenters. The molecular formula is C17H22N4O2. The monoisotopic (exact) mass is 314 g/mol. The lowest BCUT2D eigenvalue weighted by molar-refractivity contribution is 0.248. The van der Waals surface area contributed by atoms with Crippen LogP contribution in [0.2, 0.25) is 0 Å². The molecule has 0 bridgehead atoms. The molecule has 2 heterocycles. The Kier molecular flexibility index (Phi) is 4.62. The third kappa shape index (κ3) is 3.90. The Hall–Kier alpha value is -2.34. The number of phenols is 1. The molecule has 6 nitrogen and oxygen atoms in total. The lowest BCUT2D eigenvalue weighted by Gasteiger charge is -2.34. The molecular weight excluding hydrogens is 292 g/mol. The van der Waals surface area contributed by atoms with Gasteiger partial charge in [0.05, 0.1) is 7.11 Å². The van der Waals surface area contributed by atoms with E-state index in [1.165, 1.54) is 0 Å². The summed E-state index contributed by atoms with van der Waals surface area (Å²) in [5.74, 6) is 1.66. The summed E-state index contributed by atoms with van der Waals surface area (Å²) in [7, 11) is 1.62. The van der Waals surface area contributed by atoms with Crippen LogP contribution in [0.1, 0.15) is 11.3 Å². The molecule has 0 amide bonds. The number of nitrogens with zero attached hydrogens (tertiary/aromatic N) is 4. The molecule has 1 aromatic heterocycles. The van der Waals surface area contributed by atoms with E-state index < -0.39 is 0 Å². The van der Waals surface area contributed by atoms with Crippen LogP contribution in [0.3, 0.4) is 0 Å². The van der Waals surface area contributed by atoms with Gasteiger partial charge >= 0.3 is 0 Å². The summed E-state index contributed by atoms with van der Waals surface area (Å²) in [6, 6.07) is 9.28. The zero-order chi connectivity index (χ0) is 16.2. The smallest absolute Gasteiger partial charge is 0.228 e. The fourth-order valence-corrected chi connectivity index (χ4v) is 2.79. The topological polar surface area (TPSA) is 61.7 Å². The lowest BCUT2D eigenvalue weighted by Crippen LogP contribution is -2.46. The summed E-state index contributed by atoms with van der Waals surface area (Å²) in [5.41, 5.74) is 2.04. The van der Waals surface area contributed by atoms with E-state index in [-0.39, 0.29) is 0 Å². The van der Waals surface area contributed by atoms with Crippen molar-refractivity contribution in [1.82, 2.24) is 14.9 Å². The Morgan fingerprint density at radius 1 is 1.13 bits per heavy atom. The zero-order valence-electron chi connectivity index (χ0n) is 13.6. The predicted octanol–water partition coefficient (Wildman–Crippen LogP) is 1.82. The van der Waals surface area contributed by atoms with Gasteiger partial charge in [-0.15, -0.1) is 0 Å². The summed E-state index contributed by atoms with van der Waals surface area (Å²) in [4.78, 5) is 13.5. The van der Waals surface area contributed by atoms with E-state index in [1.807, 2.05) is 31.2 Å². The molecule has 2 aromatic rings. The normalized spacial score (nSPS) is 15.7. The molecule has 1 aromatic carbocycles. The second kappa shape index (κ2) is 6.83. The Labute approximate surface area is 136 Å². The van der Waals surface area contributed by atoms with E-state index in [0.717, 1.165) is 49.9 Å². The van der Waals surface area contributed by atoms with E-state index in [0.29, 0.717) is 11.6 Å². The van der Waals surface area contributed by atoms with Crippen LogP contribution in [-0.2, 0) is 6.54 Å². The summed E-state index contributed by atoms with van der Waals surface area (Å²) >= 11 is 0. The molecule has 1 saturated heterocycles. The van der Waals surface area contributed by atoms with Gasteiger partial charge in [-0.1, -0.05) is 12.1 Å². The number of aromatic hydroxyl groups is 1. The quantitative estimate of drug-likeness (QED) is 0.929. The number of hydrogen-bond donors (Lipinski definition) is 1. The van der Waals surface area contributed by atoms with Gasteiger partial charge in [0.1, 0.15) is 5.75 Å². The molecule has 1 N–H and O–H groups in total. The molecule has 0 saturated carbocycles. The van der Waals surface area contributed by atoms with Gasteiger partial charge in [-0.05, 0) is 24.6 Å². The number of hydrogen-bond acceptors (Lipinski definition) is 6. The van der Waals surface area contributed by atoms with Crippen LogP contribution in [0.4, 0.5) is 5.95 Å². The van der Waals surface area contributed by atoms with Crippen molar-refractivity contribution < 1.29 is 9.84 Å². The number of benzene rings is 1. The Bertz CT molecular complexity index is 669. The largest absolute Gasteiger partial charge is 0.508 e. The van der Waals surface area contributed by atoms with Crippen molar-refractivity contribution in [2.45, 2.75) is 13.5 Å². The number of phenolic OH excluding ortho intramolecular Hbond substituents is 1. The average Bonchev–Trinajstić information content (AvgIpc) is 2.55. The van der Waals surface area contributed by atoms with Gasteiger partial charge in [-0.2, -0.15) is 4.98 Å². The number of aryl methyl sites for hydroxylation is 1. The van der Waals surface area contributed by atoms with Gasteiger partial charge in [-0.25, -0.2) is 4.98 Å². The van der Waals surface area contributed by atoms with E-state index in [4.69, 9.17) is 4.74 Å². The minimum Gasteiger partial charge on any atom is -0.508 e. The summed E-state index contributed by atoms with van der Waals surface area (Å²) < 4.78 is 5.23. The van der Waals surface area contributed by atoms with E-state index >= 15 is 0 Å². The van der Waals surface area contributed by atoms with Crippen molar-refractivity contribution in [3.05, 3.63) is 41.6 Å². The maximum Gasteiger partial charge on any atom is 0.228 e. The molecule has 23 heavy (non-hydrogen) atoms. The van der Waals surface area contributed by atoms with Crippen LogP contribution in [-0.4, -0.2) is 53.3 Å². The Morgan fingerprint density at radius 2 is 1.91 bits per heavy atom. The van der Waals surface area contributed by atoms with Crippen LogP contribution in [0.25, 0.3) is 0 Å². The third-order valence-electron chi connectivity index (χ3n) is 4.00. The van der Waals surface area contributed by atoms with Gasteiger partial charge in [0.25, 0.3) is 0 Å². The number of anilines is 1. The second-order valence-electron chi connectivity index (χ2n) is 5.78. The molecule has 1 aliphatic heterocycles. The van der Waals surface area contributed by atoms with Crippen molar-refractivity contribution in [2.24, 2.45) is 0 Å². The molecule has 6 heteroatoms. The highest BCUT2D eigenvalue weighted by Gasteiger charge is 2.20. The molecule has 1 aliphatic rings. The highest BCUT2D eigenvalue weighted by Crippen LogP contribution is 2.18. The van der Waals surface area contributed by atoms with Crippen LogP contribution < -0.4 is 9.64 Å². The summed E-state index contributed by atoms with van der Waals surface area (Å²) in [5, 5.41) is 9.55. The fraction of sp³-hybridized carbons (Fsp3) is 0.412. The standard InChI is InChI=1S/C17H22N4O2/c1-13-10-16(23-2)19-17(18-13)21-8-6-20(7-9-21)12-14-4-3-5-15(22)11-14/h3-5,10-11,22H,6-9,12H2,1-2H3. The second-order valence-corrected chi connectivity index (χ2v) is 5.78. The van der Waals surface area contributed by atoms with Crippen molar-refractivity contribution in [3.63, 3.8) is 0 Å². The average molecular weight is 314 g/mol. The molecule has 0 aliphatic carbocycles. The molecule has 0 radical (unpaired) electrons. The van der Waals surface area contributed by atoms with Crippen molar-refractivity contribution in [3.8, 4) is 11.6 Å². The maximum absolute atomic E-state index is 9.55. The van der Waals surface area contributed by atoms with E-state index in [2.05, 4.69) is 19.8 Å². The molecule has 1 fully saturated rings. The molecule has 3 rings (SSSR count). The van der Waals surface area contributed by atoms with E-state index in [1.54, 1.807) is 13.2 Å². The first-order valence-electron chi connectivity index (χ1n) is 7.79. The third-order valence-corrected chi connectivity index (χ3v) is 4.00. The van der Waals surface area contributed by atoms with Crippen LogP contribution in [0.15, 0.2) is 30.3 Å². The van der Waals surface area contributed by atoms with Gasteiger partial charge < -0.3 is 14.7 Å². The maximum atomic E-state index is 9.55. The minimum absolute atomic E-state index is 0.321. The fourth-order valence-electron chi connectivity index (χ4n) is 2.79.